The van der Waals surface area contributed by atoms with Gasteiger partial charge in [-0.1, -0.05) is 15.9 Å². The molecule has 1 aliphatic rings. The zero-order valence-corrected chi connectivity index (χ0v) is 13.9. The molecule has 1 aromatic carbocycles. The highest BCUT2D eigenvalue weighted by Crippen LogP contribution is 2.22. The Labute approximate surface area is 129 Å². The molecule has 1 fully saturated rings. The summed E-state index contributed by atoms with van der Waals surface area (Å²) >= 11 is 3.35. The first kappa shape index (κ1) is 16.9. The Morgan fingerprint density at radius 2 is 1.95 bits per heavy atom. The van der Waals surface area contributed by atoms with Crippen LogP contribution in [0.4, 0.5) is 0 Å². The molecule has 1 saturated heterocycles. The summed E-state index contributed by atoms with van der Waals surface area (Å²) in [6.07, 6.45) is 0.853. The van der Waals surface area contributed by atoms with Crippen molar-refractivity contribution >= 4 is 38.4 Å². The Hall–Kier alpha value is -0.140. The molecule has 2 rings (SSSR count). The number of nitrogens with zero attached hydrogens (tertiary/aromatic N) is 1. The van der Waals surface area contributed by atoms with Crippen molar-refractivity contribution in [2.24, 2.45) is 0 Å². The number of hydrogen-bond donors (Lipinski definition) is 1. The number of rotatable bonds is 2. The third-order valence-corrected chi connectivity index (χ3v) is 5.29. The highest BCUT2D eigenvalue weighted by Gasteiger charge is 2.25. The fourth-order valence-electron chi connectivity index (χ4n) is 2.06. The van der Waals surface area contributed by atoms with E-state index in [1.807, 2.05) is 13.0 Å². The average molecular weight is 370 g/mol. The van der Waals surface area contributed by atoms with Crippen LogP contribution in [0.2, 0.25) is 0 Å². The molecule has 0 aromatic heterocycles. The zero-order valence-electron chi connectivity index (χ0n) is 10.7. The van der Waals surface area contributed by atoms with Gasteiger partial charge in [0, 0.05) is 24.1 Å². The highest BCUT2D eigenvalue weighted by atomic mass is 79.9. The summed E-state index contributed by atoms with van der Waals surface area (Å²) in [5.41, 5.74) is 0.941. The molecule has 1 N–H and O–H groups in total. The molecule has 0 spiro atoms. The van der Waals surface area contributed by atoms with Crippen molar-refractivity contribution in [3.63, 3.8) is 0 Å². The second kappa shape index (κ2) is 7.04. The van der Waals surface area contributed by atoms with Crippen LogP contribution in [0.15, 0.2) is 27.6 Å². The Balaban J connectivity index is 0.00000180. The Morgan fingerprint density at radius 1 is 1.21 bits per heavy atom. The van der Waals surface area contributed by atoms with E-state index in [1.165, 1.54) is 0 Å². The van der Waals surface area contributed by atoms with Crippen molar-refractivity contribution in [1.29, 1.82) is 0 Å². The smallest absolute Gasteiger partial charge is 0.243 e. The lowest BCUT2D eigenvalue weighted by Gasteiger charge is -2.20. The maximum absolute atomic E-state index is 12.5. The van der Waals surface area contributed by atoms with Gasteiger partial charge >= 0.3 is 0 Å². The molecule has 0 atom stereocenters. The standard InChI is InChI=1S/C12H17BrN2O2S.ClH/c1-10-7-11(13)9-12(8-10)18(16,17)15-5-2-3-14-4-6-15;/h7-9,14H,2-6H2,1H3;1H. The van der Waals surface area contributed by atoms with Gasteiger partial charge in [0.1, 0.15) is 0 Å². The lowest BCUT2D eigenvalue weighted by Crippen LogP contribution is -2.34. The Kier molecular flexibility index (Phi) is 6.26. The molecule has 1 heterocycles. The van der Waals surface area contributed by atoms with Gasteiger partial charge in [0.05, 0.1) is 4.90 Å². The van der Waals surface area contributed by atoms with Crippen molar-refractivity contribution in [3.05, 3.63) is 28.2 Å². The monoisotopic (exact) mass is 368 g/mol. The van der Waals surface area contributed by atoms with E-state index < -0.39 is 10.0 Å². The van der Waals surface area contributed by atoms with Crippen LogP contribution < -0.4 is 5.32 Å². The predicted octanol–water partition coefficient (Wildman–Crippen LogP) is 2.16. The van der Waals surface area contributed by atoms with Gasteiger partial charge in [-0.05, 0) is 43.7 Å². The summed E-state index contributed by atoms with van der Waals surface area (Å²) in [4.78, 5) is 0.372. The SMILES string of the molecule is Cc1cc(Br)cc(S(=O)(=O)N2CCCNCC2)c1.Cl. The van der Waals surface area contributed by atoms with Crippen LogP contribution in [0.1, 0.15) is 12.0 Å². The molecule has 4 nitrogen and oxygen atoms in total. The van der Waals surface area contributed by atoms with E-state index in [9.17, 15) is 8.42 Å². The summed E-state index contributed by atoms with van der Waals surface area (Å²) in [6.45, 7) is 4.61. The van der Waals surface area contributed by atoms with Crippen LogP contribution in [-0.2, 0) is 10.0 Å². The molecule has 0 amide bonds. The van der Waals surface area contributed by atoms with Crippen molar-refractivity contribution in [2.75, 3.05) is 26.2 Å². The maximum Gasteiger partial charge on any atom is 0.243 e. The first-order valence-corrected chi connectivity index (χ1v) is 8.21. The van der Waals surface area contributed by atoms with E-state index in [2.05, 4.69) is 21.2 Å². The lowest BCUT2D eigenvalue weighted by atomic mass is 10.2. The molecule has 7 heteroatoms. The largest absolute Gasteiger partial charge is 0.315 e. The van der Waals surface area contributed by atoms with Gasteiger partial charge in [-0.15, -0.1) is 12.4 Å². The van der Waals surface area contributed by atoms with E-state index in [0.717, 1.165) is 23.0 Å². The van der Waals surface area contributed by atoms with Crippen molar-refractivity contribution in [2.45, 2.75) is 18.2 Å². The van der Waals surface area contributed by atoms with Crippen LogP contribution in [-0.4, -0.2) is 38.9 Å². The van der Waals surface area contributed by atoms with Gasteiger partial charge < -0.3 is 5.32 Å². The number of halogens is 2. The molecule has 0 aliphatic carbocycles. The molecular formula is C12H18BrClN2O2S. The van der Waals surface area contributed by atoms with E-state index in [-0.39, 0.29) is 12.4 Å². The second-order valence-corrected chi connectivity index (χ2v) is 7.33. The van der Waals surface area contributed by atoms with E-state index >= 15 is 0 Å². The quantitative estimate of drug-likeness (QED) is 0.869. The van der Waals surface area contributed by atoms with E-state index in [0.29, 0.717) is 24.5 Å². The van der Waals surface area contributed by atoms with Gasteiger partial charge in [0.25, 0.3) is 0 Å². The minimum atomic E-state index is -3.37. The molecule has 1 aromatic rings. The molecule has 108 valence electrons. The van der Waals surface area contributed by atoms with Crippen LogP contribution >= 0.6 is 28.3 Å². The normalized spacial score (nSPS) is 17.6. The van der Waals surface area contributed by atoms with Gasteiger partial charge in [-0.25, -0.2) is 8.42 Å². The molecule has 0 unspecified atom stereocenters. The van der Waals surface area contributed by atoms with Crippen LogP contribution in [0, 0.1) is 6.92 Å². The third-order valence-electron chi connectivity index (χ3n) is 2.95. The summed E-state index contributed by atoms with van der Waals surface area (Å²) in [6, 6.07) is 5.29. The van der Waals surface area contributed by atoms with Gasteiger partial charge in [-0.3, -0.25) is 0 Å². The number of benzene rings is 1. The fourth-order valence-corrected chi connectivity index (χ4v) is 4.43. The number of aryl methyl sites for hydroxylation is 1. The van der Waals surface area contributed by atoms with Crippen molar-refractivity contribution in [1.82, 2.24) is 9.62 Å². The first-order chi connectivity index (χ1) is 8.50. The topological polar surface area (TPSA) is 49.4 Å². The molecule has 0 radical (unpaired) electrons. The van der Waals surface area contributed by atoms with E-state index in [1.54, 1.807) is 16.4 Å². The molecular weight excluding hydrogens is 352 g/mol. The fraction of sp³-hybridized carbons (Fsp3) is 0.500. The minimum absolute atomic E-state index is 0. The van der Waals surface area contributed by atoms with Gasteiger partial charge in [-0.2, -0.15) is 4.31 Å². The number of nitrogens with one attached hydrogen (secondary N) is 1. The zero-order chi connectivity index (χ0) is 13.2. The molecule has 19 heavy (non-hydrogen) atoms. The van der Waals surface area contributed by atoms with E-state index in [4.69, 9.17) is 0 Å². The number of hydrogen-bond acceptors (Lipinski definition) is 3. The Bertz CT molecular complexity index is 508. The van der Waals surface area contributed by atoms with Gasteiger partial charge in [0.15, 0.2) is 0 Å². The maximum atomic E-state index is 12.5. The average Bonchev–Trinajstić information content (AvgIpc) is 2.56. The molecule has 0 saturated carbocycles. The molecule has 0 bridgehead atoms. The second-order valence-electron chi connectivity index (χ2n) is 4.47. The minimum Gasteiger partial charge on any atom is -0.315 e. The van der Waals surface area contributed by atoms with Crippen molar-refractivity contribution in [3.8, 4) is 0 Å². The summed E-state index contributed by atoms with van der Waals surface area (Å²) in [7, 11) is -3.37. The predicted molar refractivity (Wildman–Crippen MR) is 82.4 cm³/mol. The Morgan fingerprint density at radius 3 is 2.63 bits per heavy atom. The van der Waals surface area contributed by atoms with Crippen LogP contribution in [0.3, 0.4) is 0 Å². The summed E-state index contributed by atoms with van der Waals surface area (Å²) in [5, 5.41) is 3.21. The van der Waals surface area contributed by atoms with Crippen molar-refractivity contribution < 1.29 is 8.42 Å². The highest BCUT2D eigenvalue weighted by molar-refractivity contribution is 9.10. The number of sulfonamides is 1. The first-order valence-electron chi connectivity index (χ1n) is 5.98. The van der Waals surface area contributed by atoms with Crippen LogP contribution in [0.5, 0.6) is 0 Å². The third kappa shape index (κ3) is 4.16. The van der Waals surface area contributed by atoms with Gasteiger partial charge in [0.2, 0.25) is 10.0 Å². The van der Waals surface area contributed by atoms with Crippen LogP contribution in [0.25, 0.3) is 0 Å². The molecule has 1 aliphatic heterocycles. The summed E-state index contributed by atoms with van der Waals surface area (Å²) in [5.74, 6) is 0. The lowest BCUT2D eigenvalue weighted by molar-refractivity contribution is 0.432. The summed E-state index contributed by atoms with van der Waals surface area (Å²) < 4.78 is 27.4.